The Morgan fingerprint density at radius 3 is 2.73 bits per heavy atom. The molecular weight excluding hydrogens is 325 g/mol. The average molecular weight is 344 g/mol. The van der Waals surface area contributed by atoms with Crippen LogP contribution in [0.4, 0.5) is 0 Å². The van der Waals surface area contributed by atoms with Gasteiger partial charge in [-0.1, -0.05) is 43.0 Å². The first kappa shape index (κ1) is 17.1. The molecule has 0 aliphatic heterocycles. The lowest BCUT2D eigenvalue weighted by molar-refractivity contribution is -0.125. The Morgan fingerprint density at radius 2 is 2.00 bits per heavy atom. The molecular formula is C16H19Cl2NO3. The standard InChI is InChI=1S/C16H19Cl2NO3/c1-10-4-2-3-5-14(10)19-15(20)9-22-16(21)12-8-11(17)6-7-13(12)18/h6-8,10,14H,2-5,9H2,1H3,(H,19,20)/t10-,14-/m0/s1. The largest absolute Gasteiger partial charge is 0.452 e. The molecule has 2 rings (SSSR count). The normalized spacial score (nSPS) is 21.2. The summed E-state index contributed by atoms with van der Waals surface area (Å²) in [5.41, 5.74) is 0.160. The van der Waals surface area contributed by atoms with Crippen LogP contribution >= 0.6 is 23.2 Å². The molecule has 1 aromatic rings. The highest BCUT2D eigenvalue weighted by atomic mass is 35.5. The SMILES string of the molecule is C[C@H]1CCCC[C@@H]1NC(=O)COC(=O)c1cc(Cl)ccc1Cl. The van der Waals surface area contributed by atoms with E-state index in [1.807, 2.05) is 0 Å². The van der Waals surface area contributed by atoms with E-state index in [2.05, 4.69) is 12.2 Å². The smallest absolute Gasteiger partial charge is 0.340 e. The van der Waals surface area contributed by atoms with Crippen molar-refractivity contribution >= 4 is 35.1 Å². The molecule has 6 heteroatoms. The monoisotopic (exact) mass is 343 g/mol. The Kier molecular flexibility index (Phi) is 6.09. The third-order valence-corrected chi connectivity index (χ3v) is 4.51. The number of carbonyl (C=O) groups excluding carboxylic acids is 2. The molecule has 1 aromatic carbocycles. The highest BCUT2D eigenvalue weighted by Crippen LogP contribution is 2.24. The zero-order chi connectivity index (χ0) is 16.1. The fraction of sp³-hybridized carbons (Fsp3) is 0.500. The number of benzene rings is 1. The van der Waals surface area contributed by atoms with E-state index in [9.17, 15) is 9.59 Å². The fourth-order valence-electron chi connectivity index (χ4n) is 2.64. The number of amides is 1. The quantitative estimate of drug-likeness (QED) is 0.845. The molecule has 0 saturated heterocycles. The van der Waals surface area contributed by atoms with E-state index in [0.717, 1.165) is 19.3 Å². The van der Waals surface area contributed by atoms with Gasteiger partial charge in [0.15, 0.2) is 6.61 Å². The minimum absolute atomic E-state index is 0.160. The maximum absolute atomic E-state index is 11.9. The molecule has 1 aliphatic carbocycles. The van der Waals surface area contributed by atoms with Crippen molar-refractivity contribution in [3.05, 3.63) is 33.8 Å². The third-order valence-electron chi connectivity index (χ3n) is 3.94. The number of halogens is 2. The van der Waals surface area contributed by atoms with Crippen molar-refractivity contribution in [2.45, 2.75) is 38.6 Å². The summed E-state index contributed by atoms with van der Waals surface area (Å²) < 4.78 is 5.01. The zero-order valence-corrected chi connectivity index (χ0v) is 13.9. The summed E-state index contributed by atoms with van der Waals surface area (Å²) in [6, 6.07) is 4.69. The predicted octanol–water partition coefficient (Wildman–Crippen LogP) is 3.85. The average Bonchev–Trinajstić information content (AvgIpc) is 2.49. The van der Waals surface area contributed by atoms with Gasteiger partial charge in [0, 0.05) is 11.1 Å². The summed E-state index contributed by atoms with van der Waals surface area (Å²) in [7, 11) is 0. The third kappa shape index (κ3) is 4.62. The molecule has 0 radical (unpaired) electrons. The summed E-state index contributed by atoms with van der Waals surface area (Å²) in [4.78, 5) is 23.8. The number of carbonyl (C=O) groups is 2. The van der Waals surface area contributed by atoms with E-state index in [4.69, 9.17) is 27.9 Å². The molecule has 1 fully saturated rings. The van der Waals surface area contributed by atoms with Gasteiger partial charge in [0.2, 0.25) is 0 Å². The van der Waals surface area contributed by atoms with E-state index >= 15 is 0 Å². The number of esters is 1. The molecule has 4 nitrogen and oxygen atoms in total. The van der Waals surface area contributed by atoms with Gasteiger partial charge in [-0.05, 0) is 37.0 Å². The van der Waals surface area contributed by atoms with Crippen LogP contribution in [0, 0.1) is 5.92 Å². The molecule has 0 aromatic heterocycles. The van der Waals surface area contributed by atoms with E-state index in [0.29, 0.717) is 10.9 Å². The van der Waals surface area contributed by atoms with E-state index in [1.54, 1.807) is 6.07 Å². The first-order valence-corrected chi connectivity index (χ1v) is 8.14. The topological polar surface area (TPSA) is 55.4 Å². The van der Waals surface area contributed by atoms with Gasteiger partial charge in [-0.15, -0.1) is 0 Å². The maximum Gasteiger partial charge on any atom is 0.340 e. The molecule has 1 saturated carbocycles. The van der Waals surface area contributed by atoms with Gasteiger partial charge < -0.3 is 10.1 Å². The van der Waals surface area contributed by atoms with E-state index < -0.39 is 5.97 Å². The number of ether oxygens (including phenoxy) is 1. The van der Waals surface area contributed by atoms with Crippen LogP contribution in [0.15, 0.2) is 18.2 Å². The first-order valence-electron chi connectivity index (χ1n) is 7.39. The minimum Gasteiger partial charge on any atom is -0.452 e. The van der Waals surface area contributed by atoms with Crippen LogP contribution in [0.3, 0.4) is 0 Å². The Morgan fingerprint density at radius 1 is 1.27 bits per heavy atom. The molecule has 0 unspecified atom stereocenters. The van der Waals surface area contributed by atoms with Crippen LogP contribution in [-0.4, -0.2) is 24.5 Å². The molecule has 0 heterocycles. The summed E-state index contributed by atoms with van der Waals surface area (Å²) >= 11 is 11.7. The van der Waals surface area contributed by atoms with Crippen LogP contribution in [0.1, 0.15) is 43.0 Å². The van der Waals surface area contributed by atoms with Crippen molar-refractivity contribution in [2.75, 3.05) is 6.61 Å². The van der Waals surface area contributed by atoms with Crippen LogP contribution in [0.2, 0.25) is 10.0 Å². The lowest BCUT2D eigenvalue weighted by atomic mass is 9.86. The minimum atomic E-state index is -0.653. The highest BCUT2D eigenvalue weighted by Gasteiger charge is 2.23. The zero-order valence-electron chi connectivity index (χ0n) is 12.4. The van der Waals surface area contributed by atoms with Crippen molar-refractivity contribution in [3.63, 3.8) is 0 Å². The first-order chi connectivity index (χ1) is 10.5. The molecule has 1 aliphatic rings. The molecule has 0 spiro atoms. The number of hydrogen-bond acceptors (Lipinski definition) is 3. The maximum atomic E-state index is 11.9. The summed E-state index contributed by atoms with van der Waals surface area (Å²) in [6.45, 7) is 1.81. The van der Waals surface area contributed by atoms with Crippen molar-refractivity contribution in [2.24, 2.45) is 5.92 Å². The molecule has 1 N–H and O–H groups in total. The summed E-state index contributed by atoms with van der Waals surface area (Å²) in [5, 5.41) is 3.56. The van der Waals surface area contributed by atoms with Gasteiger partial charge in [0.25, 0.3) is 5.91 Å². The van der Waals surface area contributed by atoms with Crippen LogP contribution in [0.25, 0.3) is 0 Å². The Bertz CT molecular complexity index is 562. The van der Waals surface area contributed by atoms with Crippen molar-refractivity contribution in [1.29, 1.82) is 0 Å². The van der Waals surface area contributed by atoms with Gasteiger partial charge in [0.05, 0.1) is 10.6 Å². The Hall–Kier alpha value is -1.26. The number of hydrogen-bond donors (Lipinski definition) is 1. The summed E-state index contributed by atoms with van der Waals surface area (Å²) in [5.74, 6) is -0.486. The second-order valence-electron chi connectivity index (χ2n) is 5.64. The fourth-order valence-corrected chi connectivity index (χ4v) is 3.01. The van der Waals surface area contributed by atoms with E-state index in [1.165, 1.54) is 18.6 Å². The van der Waals surface area contributed by atoms with Gasteiger partial charge in [-0.25, -0.2) is 4.79 Å². The van der Waals surface area contributed by atoms with Gasteiger partial charge in [0.1, 0.15) is 0 Å². The number of rotatable bonds is 4. The molecule has 2 atom stereocenters. The number of nitrogens with one attached hydrogen (secondary N) is 1. The Labute approximate surface area is 140 Å². The molecule has 120 valence electrons. The second kappa shape index (κ2) is 7.84. The second-order valence-corrected chi connectivity index (χ2v) is 6.48. The highest BCUT2D eigenvalue weighted by molar-refractivity contribution is 6.35. The summed E-state index contributed by atoms with van der Waals surface area (Å²) in [6.07, 6.45) is 4.41. The lowest BCUT2D eigenvalue weighted by Crippen LogP contribution is -2.42. The molecule has 22 heavy (non-hydrogen) atoms. The van der Waals surface area contributed by atoms with Crippen molar-refractivity contribution in [1.82, 2.24) is 5.32 Å². The van der Waals surface area contributed by atoms with Crippen molar-refractivity contribution in [3.8, 4) is 0 Å². The van der Waals surface area contributed by atoms with Crippen molar-refractivity contribution < 1.29 is 14.3 Å². The molecule has 1 amide bonds. The van der Waals surface area contributed by atoms with Gasteiger partial charge >= 0.3 is 5.97 Å². The van der Waals surface area contributed by atoms with Crippen LogP contribution in [-0.2, 0) is 9.53 Å². The van der Waals surface area contributed by atoms with Gasteiger partial charge in [-0.2, -0.15) is 0 Å². The van der Waals surface area contributed by atoms with E-state index in [-0.39, 0.29) is 29.1 Å². The van der Waals surface area contributed by atoms with Gasteiger partial charge in [-0.3, -0.25) is 4.79 Å². The molecule has 0 bridgehead atoms. The predicted molar refractivity (Wildman–Crippen MR) is 86.3 cm³/mol. The van der Waals surface area contributed by atoms with Crippen LogP contribution < -0.4 is 5.32 Å². The Balaban J connectivity index is 1.85. The van der Waals surface area contributed by atoms with Crippen LogP contribution in [0.5, 0.6) is 0 Å². The lowest BCUT2D eigenvalue weighted by Gasteiger charge is -2.29.